The van der Waals surface area contributed by atoms with Gasteiger partial charge in [0.15, 0.2) is 0 Å². The first-order valence-corrected chi connectivity index (χ1v) is 15.4. The zero-order valence-corrected chi connectivity index (χ0v) is 24.6. The van der Waals surface area contributed by atoms with Gasteiger partial charge in [0.1, 0.15) is 11.6 Å². The number of aliphatic hydroxyl groups excluding tert-OH is 1. The maximum absolute atomic E-state index is 14.7. The lowest BCUT2D eigenvalue weighted by molar-refractivity contribution is -0.148. The van der Waals surface area contributed by atoms with Crippen molar-refractivity contribution in [2.24, 2.45) is 11.8 Å². The Morgan fingerprint density at radius 1 is 0.857 bits per heavy atom. The topological polar surface area (TPSA) is 90.4 Å². The Kier molecular flexibility index (Phi) is 7.70. The van der Waals surface area contributed by atoms with Gasteiger partial charge in [0.2, 0.25) is 11.8 Å². The van der Waals surface area contributed by atoms with Gasteiger partial charge >= 0.3 is 0 Å². The lowest BCUT2D eigenvalue weighted by Gasteiger charge is -2.37. The third-order valence-electron chi connectivity index (χ3n) is 9.49. The van der Waals surface area contributed by atoms with Crippen molar-refractivity contribution in [2.45, 2.75) is 63.2 Å². The van der Waals surface area contributed by atoms with Gasteiger partial charge in [-0.25, -0.2) is 0 Å². The SMILES string of the molecule is CCCN1CC=C[C@]2(C)O[C@]34C=CCN(c5ccc6ccccc6c5)C(=O)C3N(CCCCCCO)C(=O)[C@@H]4[C@@H]2C1=O. The van der Waals surface area contributed by atoms with Gasteiger partial charge < -0.3 is 24.5 Å². The molecule has 4 heterocycles. The highest BCUT2D eigenvalue weighted by atomic mass is 16.5. The summed E-state index contributed by atoms with van der Waals surface area (Å²) in [5.74, 6) is -1.98. The number of fused-ring (bicyclic) bond motifs is 3. The number of carbonyl (C=O) groups is 3. The molecule has 4 aliphatic rings. The van der Waals surface area contributed by atoms with Gasteiger partial charge in [0.05, 0.1) is 17.4 Å². The summed E-state index contributed by atoms with van der Waals surface area (Å²) < 4.78 is 6.93. The van der Waals surface area contributed by atoms with E-state index in [2.05, 4.69) is 0 Å². The average molecular weight is 572 g/mol. The third-order valence-corrected chi connectivity index (χ3v) is 9.49. The number of anilines is 1. The van der Waals surface area contributed by atoms with Crippen molar-refractivity contribution in [3.05, 3.63) is 66.8 Å². The summed E-state index contributed by atoms with van der Waals surface area (Å²) in [5, 5.41) is 11.3. The summed E-state index contributed by atoms with van der Waals surface area (Å²) in [7, 11) is 0. The van der Waals surface area contributed by atoms with E-state index in [-0.39, 0.29) is 24.3 Å². The van der Waals surface area contributed by atoms with Crippen LogP contribution < -0.4 is 4.90 Å². The van der Waals surface area contributed by atoms with E-state index in [1.165, 1.54) is 0 Å². The number of benzene rings is 2. The fraction of sp³-hybridized carbons (Fsp3) is 0.500. The molecule has 42 heavy (non-hydrogen) atoms. The highest BCUT2D eigenvalue weighted by Crippen LogP contribution is 2.57. The fourth-order valence-corrected chi connectivity index (χ4v) is 7.61. The molecule has 0 radical (unpaired) electrons. The average Bonchev–Trinajstić information content (AvgIpc) is 3.25. The molecule has 4 aliphatic heterocycles. The number of aliphatic hydroxyl groups is 1. The van der Waals surface area contributed by atoms with Gasteiger partial charge in [-0.3, -0.25) is 14.4 Å². The Balaban J connectivity index is 1.41. The van der Waals surface area contributed by atoms with Crippen molar-refractivity contribution < 1.29 is 24.2 Å². The van der Waals surface area contributed by atoms with Crippen molar-refractivity contribution in [2.75, 3.05) is 37.7 Å². The zero-order valence-electron chi connectivity index (χ0n) is 24.6. The van der Waals surface area contributed by atoms with E-state index in [9.17, 15) is 19.5 Å². The van der Waals surface area contributed by atoms with Crippen molar-refractivity contribution in [1.29, 1.82) is 0 Å². The molecule has 2 aromatic carbocycles. The Morgan fingerprint density at radius 3 is 2.40 bits per heavy atom. The van der Waals surface area contributed by atoms with Crippen LogP contribution in [0, 0.1) is 11.8 Å². The second-order valence-electron chi connectivity index (χ2n) is 12.2. The maximum Gasteiger partial charge on any atom is 0.253 e. The van der Waals surface area contributed by atoms with E-state index >= 15 is 0 Å². The Labute approximate surface area is 247 Å². The summed E-state index contributed by atoms with van der Waals surface area (Å²) in [6.45, 7) is 5.90. The number of hydrogen-bond acceptors (Lipinski definition) is 5. The lowest BCUT2D eigenvalue weighted by Crippen LogP contribution is -2.56. The summed E-state index contributed by atoms with van der Waals surface area (Å²) in [6.07, 6.45) is 11.7. The van der Waals surface area contributed by atoms with Crippen LogP contribution in [0.25, 0.3) is 10.8 Å². The molecule has 0 aliphatic carbocycles. The number of ether oxygens (including phenoxy) is 1. The summed E-state index contributed by atoms with van der Waals surface area (Å²) in [5.41, 5.74) is -1.49. The molecule has 2 fully saturated rings. The number of unbranched alkanes of at least 4 members (excludes halogenated alkanes) is 3. The van der Waals surface area contributed by atoms with E-state index in [0.717, 1.165) is 35.7 Å². The molecule has 0 saturated carbocycles. The Morgan fingerprint density at radius 2 is 1.62 bits per heavy atom. The quantitative estimate of drug-likeness (QED) is 0.362. The molecule has 8 heteroatoms. The Hall–Kier alpha value is -3.49. The first-order chi connectivity index (χ1) is 20.3. The maximum atomic E-state index is 14.7. The second-order valence-corrected chi connectivity index (χ2v) is 12.2. The molecule has 2 aromatic rings. The van der Waals surface area contributed by atoms with Crippen LogP contribution in [0.4, 0.5) is 5.69 Å². The van der Waals surface area contributed by atoms with Crippen LogP contribution in [0.1, 0.15) is 46.0 Å². The summed E-state index contributed by atoms with van der Waals surface area (Å²) >= 11 is 0. The molecular formula is C34H41N3O5. The van der Waals surface area contributed by atoms with Crippen LogP contribution in [-0.2, 0) is 19.1 Å². The van der Waals surface area contributed by atoms with E-state index in [1.54, 1.807) is 9.80 Å². The van der Waals surface area contributed by atoms with Crippen molar-refractivity contribution in [1.82, 2.24) is 9.80 Å². The molecular weight excluding hydrogens is 530 g/mol. The van der Waals surface area contributed by atoms with Crippen molar-refractivity contribution in [3.63, 3.8) is 0 Å². The predicted octanol–water partition coefficient (Wildman–Crippen LogP) is 4.07. The van der Waals surface area contributed by atoms with E-state index in [4.69, 9.17) is 4.74 Å². The number of carbonyl (C=O) groups excluding carboxylic acids is 3. The second kappa shape index (κ2) is 11.3. The van der Waals surface area contributed by atoms with Crippen LogP contribution in [-0.4, -0.2) is 82.7 Å². The number of hydrogen-bond donors (Lipinski definition) is 1. The fourth-order valence-electron chi connectivity index (χ4n) is 7.61. The summed E-state index contributed by atoms with van der Waals surface area (Å²) in [4.78, 5) is 48.5. The highest BCUT2D eigenvalue weighted by molar-refractivity contribution is 6.06. The molecule has 1 N–H and O–H groups in total. The smallest absolute Gasteiger partial charge is 0.253 e. The van der Waals surface area contributed by atoms with Crippen LogP contribution in [0.2, 0.25) is 0 Å². The third kappa shape index (κ3) is 4.56. The minimum Gasteiger partial charge on any atom is -0.396 e. The molecule has 5 atom stereocenters. The monoisotopic (exact) mass is 571 g/mol. The molecule has 222 valence electrons. The van der Waals surface area contributed by atoms with Crippen LogP contribution in [0.15, 0.2) is 66.8 Å². The van der Waals surface area contributed by atoms with Crippen molar-refractivity contribution >= 4 is 34.2 Å². The molecule has 8 nitrogen and oxygen atoms in total. The molecule has 0 aromatic heterocycles. The number of likely N-dealkylation sites (tertiary alicyclic amines) is 1. The molecule has 3 amide bonds. The van der Waals surface area contributed by atoms with E-state index < -0.39 is 29.1 Å². The van der Waals surface area contributed by atoms with Crippen LogP contribution in [0.5, 0.6) is 0 Å². The number of nitrogens with zero attached hydrogens (tertiary/aromatic N) is 3. The van der Waals surface area contributed by atoms with Crippen molar-refractivity contribution in [3.8, 4) is 0 Å². The van der Waals surface area contributed by atoms with Gasteiger partial charge in [0, 0.05) is 38.5 Å². The first kappa shape index (κ1) is 28.6. The van der Waals surface area contributed by atoms with Gasteiger partial charge in [-0.15, -0.1) is 0 Å². The summed E-state index contributed by atoms with van der Waals surface area (Å²) in [6, 6.07) is 13.1. The molecule has 2 saturated heterocycles. The standard InChI is InChI=1S/C34H41N3O5/c1-3-18-35-19-10-16-33(2)27(30(35)39)28-31(40)37(20-8-4-5-9-22-38)29-32(41)36(21-11-17-34(28,29)42-33)26-15-14-24-12-6-7-13-25(24)23-26/h6-7,10-17,23,27-29,38H,3-5,8-9,18-22H2,1-2H3/t27-,28+,29?,33+,34+/m1/s1. The van der Waals surface area contributed by atoms with Gasteiger partial charge in [-0.1, -0.05) is 74.4 Å². The minimum absolute atomic E-state index is 0.0837. The van der Waals surface area contributed by atoms with Crippen LogP contribution >= 0.6 is 0 Å². The van der Waals surface area contributed by atoms with E-state index in [1.807, 2.05) is 85.5 Å². The molecule has 6 rings (SSSR count). The molecule has 0 bridgehead atoms. The first-order valence-electron chi connectivity index (χ1n) is 15.4. The number of amides is 3. The normalized spacial score (nSPS) is 30.5. The molecule has 1 spiro atoms. The zero-order chi connectivity index (χ0) is 29.5. The van der Waals surface area contributed by atoms with Gasteiger partial charge in [-0.05, 0) is 49.1 Å². The van der Waals surface area contributed by atoms with E-state index in [0.29, 0.717) is 39.0 Å². The Bertz CT molecular complexity index is 1440. The van der Waals surface area contributed by atoms with Gasteiger partial charge in [0.25, 0.3) is 5.91 Å². The number of rotatable bonds is 9. The van der Waals surface area contributed by atoms with Crippen LogP contribution in [0.3, 0.4) is 0 Å². The van der Waals surface area contributed by atoms with Gasteiger partial charge in [-0.2, -0.15) is 0 Å². The molecule has 1 unspecified atom stereocenters. The highest BCUT2D eigenvalue weighted by Gasteiger charge is 2.74. The lowest BCUT2D eigenvalue weighted by atomic mass is 9.74. The largest absolute Gasteiger partial charge is 0.396 e. The minimum atomic E-state index is -1.25. The predicted molar refractivity (Wildman–Crippen MR) is 162 cm³/mol.